The number of carboxylic acid groups (broad SMARTS) is 1. The molecule has 2 aromatic heterocycles. The molecule has 4 heteroatoms. The van der Waals surface area contributed by atoms with Crippen molar-refractivity contribution in [1.82, 2.24) is 9.55 Å². The highest BCUT2D eigenvalue weighted by atomic mass is 16.4. The third-order valence-corrected chi connectivity index (χ3v) is 3.80. The van der Waals surface area contributed by atoms with Crippen LogP contribution in [0.4, 0.5) is 0 Å². The molecule has 4 aromatic rings. The van der Waals surface area contributed by atoms with E-state index in [2.05, 4.69) is 4.98 Å². The Hall–Kier alpha value is -3.14. The average molecular weight is 288 g/mol. The van der Waals surface area contributed by atoms with E-state index < -0.39 is 5.97 Å². The Morgan fingerprint density at radius 3 is 2.45 bits per heavy atom. The van der Waals surface area contributed by atoms with Crippen LogP contribution in [0.1, 0.15) is 10.4 Å². The molecule has 4 rings (SSSR count). The molecule has 0 aliphatic rings. The van der Waals surface area contributed by atoms with Crippen molar-refractivity contribution in [2.45, 2.75) is 0 Å². The second-order valence-corrected chi connectivity index (χ2v) is 5.08. The number of hydrogen-bond acceptors (Lipinski definition) is 2. The van der Waals surface area contributed by atoms with Gasteiger partial charge in [-0.05, 0) is 30.3 Å². The Bertz CT molecular complexity index is 1000. The van der Waals surface area contributed by atoms with Crippen LogP contribution >= 0.6 is 0 Å². The number of aromatic nitrogens is 2. The lowest BCUT2D eigenvalue weighted by Gasteiger charge is -2.06. The maximum absolute atomic E-state index is 11.3. The number of nitrogens with zero attached hydrogens (tertiary/aromatic N) is 2. The summed E-state index contributed by atoms with van der Waals surface area (Å²) in [6.45, 7) is 0. The number of benzene rings is 2. The predicted octanol–water partition coefficient (Wildman–Crippen LogP) is 3.88. The van der Waals surface area contributed by atoms with Gasteiger partial charge in [0.05, 0.1) is 16.6 Å². The first-order chi connectivity index (χ1) is 10.8. The maximum atomic E-state index is 11.3. The van der Waals surface area contributed by atoms with Crippen molar-refractivity contribution in [2.75, 3.05) is 0 Å². The van der Waals surface area contributed by atoms with Crippen LogP contribution in [0.2, 0.25) is 0 Å². The van der Waals surface area contributed by atoms with Gasteiger partial charge in [-0.2, -0.15) is 0 Å². The fraction of sp³-hybridized carbons (Fsp3) is 0. The van der Waals surface area contributed by atoms with E-state index in [1.54, 1.807) is 18.3 Å². The smallest absolute Gasteiger partial charge is 0.335 e. The summed E-state index contributed by atoms with van der Waals surface area (Å²) in [6, 6.07) is 18.9. The van der Waals surface area contributed by atoms with Crippen LogP contribution in [0.15, 0.2) is 66.9 Å². The highest BCUT2D eigenvalue weighted by Crippen LogP contribution is 2.31. The first-order valence-corrected chi connectivity index (χ1v) is 6.93. The zero-order valence-corrected chi connectivity index (χ0v) is 11.6. The number of aromatic carboxylic acids is 1. The lowest BCUT2D eigenvalue weighted by atomic mass is 10.1. The fourth-order valence-corrected chi connectivity index (χ4v) is 2.84. The van der Waals surface area contributed by atoms with Gasteiger partial charge in [-0.3, -0.25) is 4.57 Å². The number of para-hydroxylation sites is 1. The second kappa shape index (κ2) is 4.70. The third-order valence-electron chi connectivity index (χ3n) is 3.80. The summed E-state index contributed by atoms with van der Waals surface area (Å²) < 4.78 is 2.00. The maximum Gasteiger partial charge on any atom is 0.335 e. The second-order valence-electron chi connectivity index (χ2n) is 5.08. The largest absolute Gasteiger partial charge is 0.478 e. The van der Waals surface area contributed by atoms with E-state index >= 15 is 0 Å². The minimum Gasteiger partial charge on any atom is -0.478 e. The van der Waals surface area contributed by atoms with Crippen molar-refractivity contribution in [2.24, 2.45) is 0 Å². The molecule has 4 nitrogen and oxygen atoms in total. The van der Waals surface area contributed by atoms with E-state index in [-0.39, 0.29) is 5.56 Å². The van der Waals surface area contributed by atoms with Crippen molar-refractivity contribution in [3.63, 3.8) is 0 Å². The highest BCUT2D eigenvalue weighted by Gasteiger charge is 2.14. The van der Waals surface area contributed by atoms with Crippen molar-refractivity contribution >= 4 is 27.8 Å². The summed E-state index contributed by atoms with van der Waals surface area (Å²) in [5, 5.41) is 11.4. The van der Waals surface area contributed by atoms with Gasteiger partial charge in [0.25, 0.3) is 0 Å². The SMILES string of the molecule is O=C(O)c1ccc2c3ccccc3n(-c3ccccn3)c2c1. The first-order valence-electron chi connectivity index (χ1n) is 6.93. The third kappa shape index (κ3) is 1.78. The quantitative estimate of drug-likeness (QED) is 0.609. The van der Waals surface area contributed by atoms with Gasteiger partial charge in [-0.25, -0.2) is 9.78 Å². The van der Waals surface area contributed by atoms with Crippen LogP contribution in [0.5, 0.6) is 0 Å². The number of carbonyl (C=O) groups is 1. The summed E-state index contributed by atoms with van der Waals surface area (Å²) >= 11 is 0. The van der Waals surface area contributed by atoms with Gasteiger partial charge in [0.15, 0.2) is 0 Å². The van der Waals surface area contributed by atoms with E-state index in [1.165, 1.54) is 0 Å². The Morgan fingerprint density at radius 1 is 0.909 bits per heavy atom. The number of rotatable bonds is 2. The molecule has 2 aromatic carbocycles. The van der Waals surface area contributed by atoms with E-state index in [1.807, 2.05) is 53.1 Å². The van der Waals surface area contributed by atoms with Gasteiger partial charge in [-0.15, -0.1) is 0 Å². The van der Waals surface area contributed by atoms with Gasteiger partial charge >= 0.3 is 5.97 Å². The normalized spacial score (nSPS) is 11.1. The molecular formula is C18H12N2O2. The minimum atomic E-state index is -0.931. The summed E-state index contributed by atoms with van der Waals surface area (Å²) in [7, 11) is 0. The number of fused-ring (bicyclic) bond motifs is 3. The van der Waals surface area contributed by atoms with Crippen LogP contribution < -0.4 is 0 Å². The molecule has 0 saturated heterocycles. The zero-order chi connectivity index (χ0) is 15.1. The van der Waals surface area contributed by atoms with E-state index in [0.29, 0.717) is 0 Å². The topological polar surface area (TPSA) is 55.1 Å². The van der Waals surface area contributed by atoms with Crippen LogP contribution in [0.3, 0.4) is 0 Å². The molecule has 1 N–H and O–H groups in total. The van der Waals surface area contributed by atoms with Crippen LogP contribution in [0.25, 0.3) is 27.6 Å². The van der Waals surface area contributed by atoms with Gasteiger partial charge in [0.2, 0.25) is 0 Å². The number of carboxylic acids is 1. The van der Waals surface area contributed by atoms with Gasteiger partial charge < -0.3 is 5.11 Å². The lowest BCUT2D eigenvalue weighted by Crippen LogP contribution is -1.99. The molecule has 0 saturated carbocycles. The molecule has 0 aliphatic heterocycles. The van der Waals surface area contributed by atoms with Gasteiger partial charge in [0, 0.05) is 17.0 Å². The standard InChI is InChI=1S/C18H12N2O2/c21-18(22)12-8-9-14-13-5-1-2-6-15(13)20(16(14)11-12)17-7-3-4-10-19-17/h1-11H,(H,21,22). The lowest BCUT2D eigenvalue weighted by molar-refractivity contribution is 0.0697. The zero-order valence-electron chi connectivity index (χ0n) is 11.6. The summed E-state index contributed by atoms with van der Waals surface area (Å²) in [6.07, 6.45) is 1.73. The van der Waals surface area contributed by atoms with Crippen molar-refractivity contribution in [3.05, 3.63) is 72.4 Å². The van der Waals surface area contributed by atoms with Crippen molar-refractivity contribution < 1.29 is 9.90 Å². The predicted molar refractivity (Wildman–Crippen MR) is 85.5 cm³/mol. The Morgan fingerprint density at radius 2 is 1.68 bits per heavy atom. The molecule has 0 unspecified atom stereocenters. The van der Waals surface area contributed by atoms with Crippen molar-refractivity contribution in [3.8, 4) is 5.82 Å². The Balaban J connectivity index is 2.19. The van der Waals surface area contributed by atoms with E-state index in [0.717, 1.165) is 27.6 Å². The molecule has 0 spiro atoms. The van der Waals surface area contributed by atoms with Crippen LogP contribution in [-0.4, -0.2) is 20.6 Å². The number of hydrogen-bond donors (Lipinski definition) is 1. The number of pyridine rings is 1. The molecule has 0 radical (unpaired) electrons. The summed E-state index contributed by atoms with van der Waals surface area (Å²) in [5.41, 5.74) is 2.13. The highest BCUT2D eigenvalue weighted by molar-refractivity contribution is 6.10. The summed E-state index contributed by atoms with van der Waals surface area (Å²) in [5.74, 6) is -0.157. The summed E-state index contributed by atoms with van der Waals surface area (Å²) in [4.78, 5) is 15.7. The Labute approximate surface area is 126 Å². The minimum absolute atomic E-state index is 0.271. The molecule has 106 valence electrons. The monoisotopic (exact) mass is 288 g/mol. The van der Waals surface area contributed by atoms with Crippen molar-refractivity contribution in [1.29, 1.82) is 0 Å². The molecule has 0 atom stereocenters. The van der Waals surface area contributed by atoms with Gasteiger partial charge in [-0.1, -0.05) is 30.3 Å². The fourth-order valence-electron chi connectivity index (χ4n) is 2.84. The molecule has 0 bridgehead atoms. The van der Waals surface area contributed by atoms with Gasteiger partial charge in [0.1, 0.15) is 5.82 Å². The molecule has 0 amide bonds. The molecule has 2 heterocycles. The molecule has 0 aliphatic carbocycles. The van der Waals surface area contributed by atoms with E-state index in [9.17, 15) is 9.90 Å². The molecule has 22 heavy (non-hydrogen) atoms. The Kier molecular flexibility index (Phi) is 2.69. The van der Waals surface area contributed by atoms with Crippen LogP contribution in [0, 0.1) is 0 Å². The molecule has 0 fully saturated rings. The van der Waals surface area contributed by atoms with E-state index in [4.69, 9.17) is 0 Å². The average Bonchev–Trinajstić information content (AvgIpc) is 2.89. The molecular weight excluding hydrogens is 276 g/mol. The van der Waals surface area contributed by atoms with Crippen LogP contribution in [-0.2, 0) is 0 Å². The first kappa shape index (κ1) is 12.6.